The number of carbonyl (C=O) groups is 1. The van der Waals surface area contributed by atoms with E-state index >= 15 is 0 Å². The lowest BCUT2D eigenvalue weighted by molar-refractivity contribution is -0.316. The van der Waals surface area contributed by atoms with Gasteiger partial charge in [0.15, 0.2) is 5.79 Å². The Balaban J connectivity index is 1.33. The van der Waals surface area contributed by atoms with Gasteiger partial charge in [-0.25, -0.2) is 4.79 Å². The summed E-state index contributed by atoms with van der Waals surface area (Å²) in [6, 6.07) is 0. The number of aliphatic hydroxyl groups excluding tert-OH is 1. The van der Waals surface area contributed by atoms with Crippen LogP contribution >= 0.6 is 0 Å². The molecule has 2 aliphatic carbocycles. The minimum Gasteiger partial charge on any atom is -0.456 e. The number of rotatable bonds is 3. The van der Waals surface area contributed by atoms with Crippen LogP contribution in [0, 0.1) is 11.8 Å². The average Bonchev–Trinajstić information content (AvgIpc) is 3.37. The van der Waals surface area contributed by atoms with E-state index in [1.54, 1.807) is 6.92 Å². The second-order valence-corrected chi connectivity index (χ2v) is 8.11. The van der Waals surface area contributed by atoms with Crippen molar-refractivity contribution < 1.29 is 28.8 Å². The molecule has 140 valence electrons. The van der Waals surface area contributed by atoms with Crippen molar-refractivity contribution in [2.45, 2.75) is 75.7 Å². The van der Waals surface area contributed by atoms with Crippen molar-refractivity contribution in [1.82, 2.24) is 0 Å². The molecule has 2 aliphatic heterocycles. The summed E-state index contributed by atoms with van der Waals surface area (Å²) in [7, 11) is 0. The van der Waals surface area contributed by atoms with Gasteiger partial charge in [-0.3, -0.25) is 0 Å². The van der Waals surface area contributed by atoms with E-state index in [4.69, 9.17) is 18.9 Å². The normalized spacial score (nSPS) is 46.3. The summed E-state index contributed by atoms with van der Waals surface area (Å²) in [4.78, 5) is 11.8. The van der Waals surface area contributed by atoms with Gasteiger partial charge in [0.1, 0.15) is 6.10 Å². The van der Waals surface area contributed by atoms with E-state index in [9.17, 15) is 9.90 Å². The second kappa shape index (κ2) is 6.65. The zero-order valence-electron chi connectivity index (χ0n) is 14.8. The molecular weight excluding hydrogens is 324 g/mol. The number of esters is 1. The van der Waals surface area contributed by atoms with Gasteiger partial charge in [-0.15, -0.1) is 0 Å². The molecule has 0 radical (unpaired) electrons. The molecule has 1 spiro atoms. The number of epoxide rings is 1. The van der Waals surface area contributed by atoms with E-state index in [0.29, 0.717) is 62.1 Å². The Labute approximate surface area is 148 Å². The fraction of sp³-hybridized carbons (Fsp3) is 0.842. The third kappa shape index (κ3) is 3.63. The van der Waals surface area contributed by atoms with Gasteiger partial charge < -0.3 is 24.1 Å². The van der Waals surface area contributed by atoms with Crippen LogP contribution in [0.3, 0.4) is 0 Å². The van der Waals surface area contributed by atoms with Crippen LogP contribution in [0.5, 0.6) is 0 Å². The Morgan fingerprint density at radius 1 is 1.16 bits per heavy atom. The largest absolute Gasteiger partial charge is 0.456 e. The van der Waals surface area contributed by atoms with Crippen LogP contribution in [0.25, 0.3) is 0 Å². The van der Waals surface area contributed by atoms with Crippen molar-refractivity contribution in [2.75, 3.05) is 13.2 Å². The van der Waals surface area contributed by atoms with Crippen molar-refractivity contribution in [3.8, 4) is 0 Å². The monoisotopic (exact) mass is 352 g/mol. The first-order valence-electron chi connectivity index (χ1n) is 9.44. The molecule has 25 heavy (non-hydrogen) atoms. The van der Waals surface area contributed by atoms with E-state index in [2.05, 4.69) is 6.58 Å². The van der Waals surface area contributed by atoms with Crippen molar-refractivity contribution in [3.63, 3.8) is 0 Å². The number of hydrogen-bond acceptors (Lipinski definition) is 6. The van der Waals surface area contributed by atoms with Crippen LogP contribution in [0.15, 0.2) is 12.2 Å². The molecule has 0 aromatic carbocycles. The third-order valence-corrected chi connectivity index (χ3v) is 6.20. The minimum absolute atomic E-state index is 0.329. The molecule has 2 saturated heterocycles. The van der Waals surface area contributed by atoms with Gasteiger partial charge in [-0.2, -0.15) is 0 Å². The zero-order valence-corrected chi connectivity index (χ0v) is 14.8. The Morgan fingerprint density at radius 2 is 1.92 bits per heavy atom. The maximum atomic E-state index is 11.8. The first-order chi connectivity index (χ1) is 12.0. The molecule has 0 bridgehead atoms. The molecule has 4 aliphatic rings. The van der Waals surface area contributed by atoms with E-state index in [0.717, 1.165) is 12.8 Å². The summed E-state index contributed by atoms with van der Waals surface area (Å²) in [5, 5.41) is 10.2. The molecule has 6 heteroatoms. The van der Waals surface area contributed by atoms with Crippen LogP contribution in [-0.2, 0) is 23.7 Å². The van der Waals surface area contributed by atoms with E-state index < -0.39 is 24.0 Å². The fourth-order valence-corrected chi connectivity index (χ4v) is 4.46. The Morgan fingerprint density at radius 3 is 2.60 bits per heavy atom. The van der Waals surface area contributed by atoms with E-state index in [-0.39, 0.29) is 0 Å². The maximum Gasteiger partial charge on any atom is 0.333 e. The number of hydrogen-bond donors (Lipinski definition) is 1. The summed E-state index contributed by atoms with van der Waals surface area (Å²) in [6.45, 7) is 6.52. The molecule has 0 amide bonds. The first-order valence-corrected chi connectivity index (χ1v) is 9.44. The van der Waals surface area contributed by atoms with Gasteiger partial charge in [-0.05, 0) is 38.5 Å². The highest BCUT2D eigenvalue weighted by molar-refractivity contribution is 5.87. The highest BCUT2D eigenvalue weighted by Crippen LogP contribution is 2.45. The van der Waals surface area contributed by atoms with Gasteiger partial charge in [0.05, 0.1) is 31.5 Å². The summed E-state index contributed by atoms with van der Waals surface area (Å²) >= 11 is 0. The van der Waals surface area contributed by atoms with Gasteiger partial charge in [0, 0.05) is 24.3 Å². The molecule has 6 nitrogen and oxygen atoms in total. The lowest BCUT2D eigenvalue weighted by Gasteiger charge is -2.47. The van der Waals surface area contributed by atoms with Crippen LogP contribution in [0.2, 0.25) is 0 Å². The van der Waals surface area contributed by atoms with Crippen molar-refractivity contribution in [2.24, 2.45) is 11.8 Å². The van der Waals surface area contributed by atoms with Crippen molar-refractivity contribution >= 4 is 5.97 Å². The lowest BCUT2D eigenvalue weighted by atomic mass is 9.79. The number of aliphatic hydroxyl groups is 1. The third-order valence-electron chi connectivity index (χ3n) is 6.20. The van der Waals surface area contributed by atoms with E-state index in [1.165, 1.54) is 6.42 Å². The molecular formula is C19H28O6. The molecule has 5 atom stereocenters. The molecule has 2 saturated carbocycles. The number of ether oxygens (including phenoxy) is 4. The van der Waals surface area contributed by atoms with Crippen molar-refractivity contribution in [3.05, 3.63) is 12.2 Å². The molecule has 2 heterocycles. The smallest absolute Gasteiger partial charge is 0.333 e. The highest BCUT2D eigenvalue weighted by Gasteiger charge is 2.50. The Hall–Kier alpha value is -0.950. The SMILES string of the molecule is C=C(C)C(=O)OC1CC2(CCC1O)OCC(C1CCC3OC3C1)CO2. The van der Waals surface area contributed by atoms with Crippen LogP contribution < -0.4 is 0 Å². The average molecular weight is 352 g/mol. The van der Waals surface area contributed by atoms with E-state index in [1.807, 2.05) is 0 Å². The van der Waals surface area contributed by atoms with Crippen LogP contribution in [-0.4, -0.2) is 54.5 Å². The predicted molar refractivity (Wildman–Crippen MR) is 88.7 cm³/mol. The van der Waals surface area contributed by atoms with Crippen LogP contribution in [0.4, 0.5) is 0 Å². The van der Waals surface area contributed by atoms with Gasteiger partial charge in [0.2, 0.25) is 0 Å². The zero-order chi connectivity index (χ0) is 17.6. The first kappa shape index (κ1) is 17.5. The molecule has 5 unspecified atom stereocenters. The molecule has 1 N–H and O–H groups in total. The Kier molecular flexibility index (Phi) is 4.65. The summed E-state index contributed by atoms with van der Waals surface area (Å²) < 4.78 is 23.3. The van der Waals surface area contributed by atoms with Gasteiger partial charge in [-0.1, -0.05) is 6.58 Å². The van der Waals surface area contributed by atoms with Crippen LogP contribution in [0.1, 0.15) is 45.4 Å². The molecule has 0 aromatic heterocycles. The summed E-state index contributed by atoms with van der Waals surface area (Å²) in [5.41, 5.74) is 0.329. The summed E-state index contributed by atoms with van der Waals surface area (Å²) in [6.07, 6.45) is 4.64. The maximum absolute atomic E-state index is 11.8. The molecule has 4 rings (SSSR count). The predicted octanol–water partition coefficient (Wildman–Crippen LogP) is 1.95. The topological polar surface area (TPSA) is 77.5 Å². The van der Waals surface area contributed by atoms with Crippen molar-refractivity contribution in [1.29, 1.82) is 0 Å². The number of carbonyl (C=O) groups excluding carboxylic acids is 1. The molecule has 0 aromatic rings. The molecule has 4 fully saturated rings. The second-order valence-electron chi connectivity index (χ2n) is 8.11. The fourth-order valence-electron chi connectivity index (χ4n) is 4.46. The highest BCUT2D eigenvalue weighted by atomic mass is 16.7. The Bertz CT molecular complexity index is 538. The van der Waals surface area contributed by atoms with Gasteiger partial charge >= 0.3 is 5.97 Å². The lowest BCUT2D eigenvalue weighted by Crippen LogP contribution is -2.54. The quantitative estimate of drug-likeness (QED) is 0.475. The summed E-state index contributed by atoms with van der Waals surface area (Å²) in [5.74, 6) is -0.203. The standard InChI is InChI=1S/C19H28O6/c1-11(2)18(21)25-17-8-19(6-5-14(17)20)22-9-13(10-23-19)12-3-4-15-16(7-12)24-15/h12-17,20H,1,3-10H2,2H3. The number of fused-ring (bicyclic) bond motifs is 1. The van der Waals surface area contributed by atoms with Gasteiger partial charge in [0.25, 0.3) is 0 Å². The minimum atomic E-state index is -0.733.